The summed E-state index contributed by atoms with van der Waals surface area (Å²) in [6.07, 6.45) is 0.291. The van der Waals surface area contributed by atoms with Gasteiger partial charge in [-0.25, -0.2) is 4.79 Å². The van der Waals surface area contributed by atoms with Gasteiger partial charge in [0.05, 0.1) is 12.5 Å². The fourth-order valence-corrected chi connectivity index (χ4v) is 3.39. The van der Waals surface area contributed by atoms with Crippen molar-refractivity contribution < 1.29 is 24.2 Å². The number of carboxylic acids is 1. The molecule has 7 nitrogen and oxygen atoms in total. The van der Waals surface area contributed by atoms with E-state index in [1.54, 1.807) is 11.0 Å². The highest BCUT2D eigenvalue weighted by molar-refractivity contribution is 9.10. The molecule has 0 radical (unpaired) electrons. The average Bonchev–Trinajstić information content (AvgIpc) is 3.15. The standard InChI is InChI=1S/C16H17BrN2O5/c17-11-2-1-3-12(7-11)19-8-10(6-13(19)20)14(21)18-16(15(22)23)4-5-24-9-16/h1-3,7,10H,4-6,8-9H2,(H,18,21)(H,22,23). The molecule has 0 bridgehead atoms. The van der Waals surface area contributed by atoms with E-state index in [0.717, 1.165) is 4.47 Å². The fraction of sp³-hybridized carbons (Fsp3) is 0.438. The minimum atomic E-state index is -1.39. The van der Waals surface area contributed by atoms with Crippen LogP contribution in [0.25, 0.3) is 0 Å². The monoisotopic (exact) mass is 396 g/mol. The van der Waals surface area contributed by atoms with Crippen molar-refractivity contribution in [2.24, 2.45) is 5.92 Å². The van der Waals surface area contributed by atoms with Crippen LogP contribution in [-0.2, 0) is 19.1 Å². The smallest absolute Gasteiger partial charge is 0.331 e. The van der Waals surface area contributed by atoms with Gasteiger partial charge in [0.2, 0.25) is 11.8 Å². The van der Waals surface area contributed by atoms with Crippen LogP contribution in [0.15, 0.2) is 28.7 Å². The Morgan fingerprint density at radius 3 is 2.83 bits per heavy atom. The maximum Gasteiger partial charge on any atom is 0.331 e. The second-order valence-corrected chi connectivity index (χ2v) is 6.98. The summed E-state index contributed by atoms with van der Waals surface area (Å²) in [7, 11) is 0. The zero-order chi connectivity index (χ0) is 17.3. The van der Waals surface area contributed by atoms with Crippen LogP contribution < -0.4 is 10.2 Å². The first-order valence-electron chi connectivity index (χ1n) is 7.60. The zero-order valence-corrected chi connectivity index (χ0v) is 14.4. The molecule has 1 aromatic carbocycles. The molecule has 1 aromatic rings. The molecule has 24 heavy (non-hydrogen) atoms. The number of rotatable bonds is 4. The van der Waals surface area contributed by atoms with Gasteiger partial charge in [-0.15, -0.1) is 0 Å². The molecule has 2 aliphatic rings. The van der Waals surface area contributed by atoms with Crippen molar-refractivity contribution in [3.05, 3.63) is 28.7 Å². The largest absolute Gasteiger partial charge is 0.479 e. The molecular formula is C16H17BrN2O5. The van der Waals surface area contributed by atoms with Crippen molar-refractivity contribution >= 4 is 39.4 Å². The Bertz CT molecular complexity index is 687. The van der Waals surface area contributed by atoms with Crippen LogP contribution in [0.4, 0.5) is 5.69 Å². The zero-order valence-electron chi connectivity index (χ0n) is 12.8. The van der Waals surface area contributed by atoms with Gasteiger partial charge in [0.25, 0.3) is 0 Å². The second-order valence-electron chi connectivity index (χ2n) is 6.06. The van der Waals surface area contributed by atoms with Crippen molar-refractivity contribution in [3.63, 3.8) is 0 Å². The third-order valence-electron chi connectivity index (χ3n) is 4.41. The Balaban J connectivity index is 1.71. The Labute approximate surface area is 147 Å². The van der Waals surface area contributed by atoms with Gasteiger partial charge in [0.1, 0.15) is 0 Å². The number of hydrogen-bond acceptors (Lipinski definition) is 4. The summed E-state index contributed by atoms with van der Waals surface area (Å²) in [5.41, 5.74) is -0.676. The molecule has 2 unspecified atom stereocenters. The first-order chi connectivity index (χ1) is 11.4. The number of halogens is 1. The van der Waals surface area contributed by atoms with Crippen molar-refractivity contribution in [1.29, 1.82) is 0 Å². The molecule has 2 atom stereocenters. The average molecular weight is 397 g/mol. The molecule has 0 aromatic heterocycles. The first kappa shape index (κ1) is 16.9. The van der Waals surface area contributed by atoms with E-state index in [2.05, 4.69) is 21.2 Å². The van der Waals surface area contributed by atoms with Crippen molar-refractivity contribution in [2.75, 3.05) is 24.7 Å². The Morgan fingerprint density at radius 1 is 1.42 bits per heavy atom. The number of anilines is 1. The Morgan fingerprint density at radius 2 is 2.21 bits per heavy atom. The molecule has 2 amide bonds. The molecule has 8 heteroatoms. The SMILES string of the molecule is O=C(NC1(C(=O)O)CCOC1)C1CC(=O)N(c2cccc(Br)c2)C1. The summed E-state index contributed by atoms with van der Waals surface area (Å²) in [4.78, 5) is 37.8. The van der Waals surface area contributed by atoms with Crippen LogP contribution in [0, 0.1) is 5.92 Å². The van der Waals surface area contributed by atoms with E-state index < -0.39 is 23.3 Å². The van der Waals surface area contributed by atoms with Gasteiger partial charge >= 0.3 is 5.97 Å². The summed E-state index contributed by atoms with van der Waals surface area (Å²) in [5, 5.41) is 12.0. The number of benzene rings is 1. The van der Waals surface area contributed by atoms with E-state index in [9.17, 15) is 19.5 Å². The number of carbonyl (C=O) groups excluding carboxylic acids is 2. The van der Waals surface area contributed by atoms with E-state index >= 15 is 0 Å². The normalized spacial score (nSPS) is 26.6. The predicted octanol–water partition coefficient (Wildman–Crippen LogP) is 1.16. The summed E-state index contributed by atoms with van der Waals surface area (Å²) in [6.45, 7) is 0.474. The predicted molar refractivity (Wildman–Crippen MR) is 88.5 cm³/mol. The number of ether oxygens (including phenoxy) is 1. The minimum Gasteiger partial charge on any atom is -0.479 e. The lowest BCUT2D eigenvalue weighted by Crippen LogP contribution is -2.56. The Kier molecular flexibility index (Phi) is 4.60. The molecule has 2 fully saturated rings. The molecule has 2 heterocycles. The van der Waals surface area contributed by atoms with Gasteiger partial charge in [-0.2, -0.15) is 0 Å². The number of nitrogens with one attached hydrogen (secondary N) is 1. The lowest BCUT2D eigenvalue weighted by molar-refractivity contribution is -0.148. The number of carbonyl (C=O) groups is 3. The second kappa shape index (κ2) is 6.52. The van der Waals surface area contributed by atoms with E-state index in [0.29, 0.717) is 12.3 Å². The topological polar surface area (TPSA) is 95.9 Å². The third kappa shape index (κ3) is 3.16. The summed E-state index contributed by atoms with van der Waals surface area (Å²) >= 11 is 3.36. The molecule has 0 saturated carbocycles. The van der Waals surface area contributed by atoms with Crippen molar-refractivity contribution in [3.8, 4) is 0 Å². The number of hydrogen-bond donors (Lipinski definition) is 2. The first-order valence-corrected chi connectivity index (χ1v) is 8.40. The van der Waals surface area contributed by atoms with Gasteiger partial charge in [-0.05, 0) is 18.2 Å². The molecule has 128 valence electrons. The molecule has 2 saturated heterocycles. The van der Waals surface area contributed by atoms with Crippen LogP contribution in [0.2, 0.25) is 0 Å². The van der Waals surface area contributed by atoms with E-state index in [1.165, 1.54) is 0 Å². The van der Waals surface area contributed by atoms with Gasteiger partial charge in [0, 0.05) is 36.2 Å². The van der Waals surface area contributed by atoms with E-state index in [-0.39, 0.29) is 31.9 Å². The fourth-order valence-electron chi connectivity index (χ4n) is 3.00. The summed E-state index contributed by atoms with van der Waals surface area (Å²) in [5.74, 6) is -2.26. The molecule has 2 aliphatic heterocycles. The minimum absolute atomic E-state index is 0.0515. The van der Waals surface area contributed by atoms with Gasteiger partial charge in [-0.1, -0.05) is 22.0 Å². The van der Waals surface area contributed by atoms with Crippen LogP contribution in [0.1, 0.15) is 12.8 Å². The van der Waals surface area contributed by atoms with Crippen molar-refractivity contribution in [2.45, 2.75) is 18.4 Å². The highest BCUT2D eigenvalue weighted by atomic mass is 79.9. The number of nitrogens with zero attached hydrogens (tertiary/aromatic N) is 1. The van der Waals surface area contributed by atoms with Crippen LogP contribution >= 0.6 is 15.9 Å². The number of amides is 2. The number of carboxylic acid groups (broad SMARTS) is 1. The van der Waals surface area contributed by atoms with Gasteiger partial charge in [0.15, 0.2) is 5.54 Å². The molecular weight excluding hydrogens is 380 g/mol. The quantitative estimate of drug-likeness (QED) is 0.795. The molecule has 0 spiro atoms. The van der Waals surface area contributed by atoms with Crippen LogP contribution in [-0.4, -0.2) is 48.2 Å². The van der Waals surface area contributed by atoms with E-state index in [4.69, 9.17) is 4.74 Å². The highest BCUT2D eigenvalue weighted by Crippen LogP contribution is 2.28. The maximum atomic E-state index is 12.5. The van der Waals surface area contributed by atoms with Gasteiger partial charge in [-0.3, -0.25) is 9.59 Å². The maximum absolute atomic E-state index is 12.5. The van der Waals surface area contributed by atoms with Crippen molar-refractivity contribution in [1.82, 2.24) is 5.32 Å². The lowest BCUT2D eigenvalue weighted by Gasteiger charge is -2.25. The summed E-state index contributed by atoms with van der Waals surface area (Å²) in [6, 6.07) is 7.27. The third-order valence-corrected chi connectivity index (χ3v) is 4.90. The Hall–Kier alpha value is -1.93. The van der Waals surface area contributed by atoms with Gasteiger partial charge < -0.3 is 20.1 Å². The summed E-state index contributed by atoms with van der Waals surface area (Å²) < 4.78 is 5.97. The number of aliphatic carboxylic acids is 1. The van der Waals surface area contributed by atoms with Crippen LogP contribution in [0.5, 0.6) is 0 Å². The molecule has 2 N–H and O–H groups in total. The lowest BCUT2D eigenvalue weighted by atomic mass is 9.97. The van der Waals surface area contributed by atoms with E-state index in [1.807, 2.05) is 18.2 Å². The highest BCUT2D eigenvalue weighted by Gasteiger charge is 2.46. The molecule has 0 aliphatic carbocycles. The molecule has 3 rings (SSSR count). The van der Waals surface area contributed by atoms with Crippen LogP contribution in [0.3, 0.4) is 0 Å².